The van der Waals surface area contributed by atoms with E-state index in [0.717, 1.165) is 42.6 Å². The zero-order valence-corrected chi connectivity index (χ0v) is 31.3. The highest BCUT2D eigenvalue weighted by molar-refractivity contribution is 7.13. The van der Waals surface area contributed by atoms with E-state index in [1.165, 1.54) is 18.5 Å². The Labute approximate surface area is 299 Å². The van der Waals surface area contributed by atoms with Crippen molar-refractivity contribution in [1.82, 2.24) is 24.8 Å². The Bertz CT molecular complexity index is 1990. The van der Waals surface area contributed by atoms with Crippen LogP contribution in [0.15, 0.2) is 46.8 Å². The van der Waals surface area contributed by atoms with Gasteiger partial charge in [-0.05, 0) is 68.2 Å². The molecule has 1 saturated heterocycles. The second-order valence-electron chi connectivity index (χ2n) is 14.2. The molecule has 0 bridgehead atoms. The van der Waals surface area contributed by atoms with Crippen LogP contribution in [-0.4, -0.2) is 77.6 Å². The highest BCUT2D eigenvalue weighted by Crippen LogP contribution is 2.40. The largest absolute Gasteiger partial charge is 0.477 e. The van der Waals surface area contributed by atoms with Crippen molar-refractivity contribution in [3.63, 3.8) is 0 Å². The number of nitrogens with zero attached hydrogens (tertiary/aromatic N) is 4. The van der Waals surface area contributed by atoms with Gasteiger partial charge in [0.15, 0.2) is 14.0 Å². The Morgan fingerprint density at radius 2 is 1.90 bits per heavy atom. The number of hydrogen-bond donors (Lipinski definition) is 3. The van der Waals surface area contributed by atoms with E-state index in [2.05, 4.69) is 59.4 Å². The number of pyridine rings is 2. The van der Waals surface area contributed by atoms with Crippen LogP contribution in [-0.2, 0) is 10.6 Å². The van der Waals surface area contributed by atoms with Crippen LogP contribution in [0, 0.1) is 0 Å². The molecule has 0 radical (unpaired) electrons. The standard InChI is InChI=1S/C35H43F3N6O5SSi/c1-7-39-33(48)42-29-16-23(31-41-28(20-50-31)35(36,37)38)25(17-40-29)21-10-11-27-24(15-21)30(45)26(32(46)47)19-44(27)22-9-8-12-43(18-22)13-14-49-51(5,6)34(2,3)4/h10-11,15-17,19-20,22H,7-9,12-14,18H2,1-6H3,(H,46,47)(H2,39,40,42,48). The van der Waals surface area contributed by atoms with E-state index in [-0.39, 0.29) is 38.4 Å². The lowest BCUT2D eigenvalue weighted by Crippen LogP contribution is -2.44. The van der Waals surface area contributed by atoms with Gasteiger partial charge in [0.25, 0.3) is 0 Å². The van der Waals surface area contributed by atoms with E-state index in [0.29, 0.717) is 36.3 Å². The molecule has 16 heteroatoms. The zero-order valence-electron chi connectivity index (χ0n) is 29.5. The number of likely N-dealkylation sites (tertiary alicyclic amines) is 1. The van der Waals surface area contributed by atoms with Crippen LogP contribution < -0.4 is 16.1 Å². The third kappa shape index (κ3) is 8.51. The van der Waals surface area contributed by atoms with Crippen LogP contribution in [0.3, 0.4) is 0 Å². The van der Waals surface area contributed by atoms with Crippen molar-refractivity contribution in [2.24, 2.45) is 0 Å². The SMILES string of the molecule is CCNC(=O)Nc1cc(-c2nc(C(F)(F)F)cs2)c(-c2ccc3c(c2)c(=O)c(C(=O)O)cn3C2CCCN(CCO[Si](C)(C)C(C)(C)C)C2)cn1. The molecule has 2 amide bonds. The molecule has 3 aromatic heterocycles. The number of thiazole rings is 1. The van der Waals surface area contributed by atoms with Crippen molar-refractivity contribution in [3.05, 3.63) is 63.5 Å². The third-order valence-corrected chi connectivity index (χ3v) is 15.0. The van der Waals surface area contributed by atoms with Gasteiger partial charge in [-0.2, -0.15) is 13.2 Å². The number of carboxylic acids is 1. The predicted octanol–water partition coefficient (Wildman–Crippen LogP) is 7.70. The van der Waals surface area contributed by atoms with Crippen LogP contribution in [0.1, 0.15) is 62.6 Å². The lowest BCUT2D eigenvalue weighted by atomic mass is 9.98. The van der Waals surface area contributed by atoms with E-state index in [4.69, 9.17) is 4.43 Å². The number of hydrogen-bond acceptors (Lipinski definition) is 8. The molecule has 5 rings (SSSR count). The lowest BCUT2D eigenvalue weighted by molar-refractivity contribution is -0.140. The van der Waals surface area contributed by atoms with Gasteiger partial charge in [0, 0.05) is 66.6 Å². The summed E-state index contributed by atoms with van der Waals surface area (Å²) in [6.45, 7) is 15.9. The molecule has 274 valence electrons. The fourth-order valence-corrected chi connectivity index (χ4v) is 7.76. The summed E-state index contributed by atoms with van der Waals surface area (Å²) >= 11 is 0.776. The molecule has 1 aliphatic rings. The van der Waals surface area contributed by atoms with Crippen molar-refractivity contribution in [2.75, 3.05) is 38.1 Å². The van der Waals surface area contributed by atoms with Gasteiger partial charge in [-0.15, -0.1) is 11.3 Å². The fraction of sp³-hybridized carbons (Fsp3) is 0.457. The monoisotopic (exact) mass is 744 g/mol. The highest BCUT2D eigenvalue weighted by atomic mass is 32.1. The summed E-state index contributed by atoms with van der Waals surface area (Å²) < 4.78 is 48.9. The number of benzene rings is 1. The highest BCUT2D eigenvalue weighted by Gasteiger charge is 2.37. The quantitative estimate of drug-likeness (QED) is 0.141. The molecule has 11 nitrogen and oxygen atoms in total. The number of carboxylic acid groups (broad SMARTS) is 1. The minimum absolute atomic E-state index is 0.0234. The Kier molecular flexibility index (Phi) is 11.1. The molecule has 1 fully saturated rings. The second-order valence-corrected chi connectivity index (χ2v) is 19.8. The Morgan fingerprint density at radius 3 is 2.55 bits per heavy atom. The summed E-state index contributed by atoms with van der Waals surface area (Å²) in [6.07, 6.45) is -0.221. The van der Waals surface area contributed by atoms with Crippen molar-refractivity contribution >= 4 is 48.4 Å². The van der Waals surface area contributed by atoms with Crippen molar-refractivity contribution in [1.29, 1.82) is 0 Å². The Balaban J connectivity index is 1.54. The van der Waals surface area contributed by atoms with Crippen molar-refractivity contribution in [2.45, 2.75) is 70.9 Å². The number of aromatic carboxylic acids is 1. The second kappa shape index (κ2) is 14.9. The van der Waals surface area contributed by atoms with Gasteiger partial charge in [0.2, 0.25) is 5.43 Å². The molecular formula is C35H43F3N6O5SSi. The molecule has 1 atom stereocenters. The minimum Gasteiger partial charge on any atom is -0.477 e. The minimum atomic E-state index is -4.67. The molecule has 3 N–H and O–H groups in total. The average Bonchev–Trinajstić information content (AvgIpc) is 3.56. The number of anilines is 1. The number of halogens is 3. The Hall–Kier alpha value is -4.12. The number of carbonyl (C=O) groups excluding carboxylic acids is 1. The summed E-state index contributed by atoms with van der Waals surface area (Å²) in [4.78, 5) is 48.7. The van der Waals surface area contributed by atoms with Crippen LogP contribution >= 0.6 is 11.3 Å². The summed E-state index contributed by atoms with van der Waals surface area (Å²) in [5.41, 5.74) is -0.582. The number of aromatic nitrogens is 3. The van der Waals surface area contributed by atoms with Gasteiger partial charge in [-0.1, -0.05) is 26.8 Å². The third-order valence-electron chi connectivity index (χ3n) is 9.63. The molecule has 51 heavy (non-hydrogen) atoms. The van der Waals surface area contributed by atoms with Crippen molar-refractivity contribution in [3.8, 4) is 21.7 Å². The molecule has 1 aromatic carbocycles. The molecule has 4 heterocycles. The van der Waals surface area contributed by atoms with E-state index < -0.39 is 37.6 Å². The van der Waals surface area contributed by atoms with E-state index in [1.807, 2.05) is 4.57 Å². The number of nitrogens with one attached hydrogen (secondary N) is 2. The maximum atomic E-state index is 13.7. The van der Waals surface area contributed by atoms with Gasteiger partial charge in [0.1, 0.15) is 16.4 Å². The number of amides is 2. The topological polar surface area (TPSA) is 139 Å². The fourth-order valence-electron chi connectivity index (χ4n) is 5.86. The number of urea groups is 1. The number of alkyl halides is 3. The first-order valence-electron chi connectivity index (χ1n) is 16.8. The van der Waals surface area contributed by atoms with E-state index in [1.54, 1.807) is 25.1 Å². The number of rotatable bonds is 10. The summed E-state index contributed by atoms with van der Waals surface area (Å²) in [5, 5.41) is 16.4. The first kappa shape index (κ1) is 38.1. The average molecular weight is 745 g/mol. The number of carbonyl (C=O) groups is 2. The molecule has 1 aliphatic heterocycles. The molecule has 0 spiro atoms. The zero-order chi connectivity index (χ0) is 37.3. The molecule has 1 unspecified atom stereocenters. The van der Waals surface area contributed by atoms with Crippen LogP contribution in [0.5, 0.6) is 0 Å². The first-order valence-corrected chi connectivity index (χ1v) is 20.5. The molecule has 0 saturated carbocycles. The van der Waals surface area contributed by atoms with E-state index >= 15 is 0 Å². The maximum Gasteiger partial charge on any atom is 0.434 e. The maximum absolute atomic E-state index is 13.7. The van der Waals surface area contributed by atoms with Gasteiger partial charge in [0.05, 0.1) is 5.52 Å². The van der Waals surface area contributed by atoms with Crippen LogP contribution in [0.2, 0.25) is 18.1 Å². The van der Waals surface area contributed by atoms with Crippen LogP contribution in [0.25, 0.3) is 32.6 Å². The number of fused-ring (bicyclic) bond motifs is 1. The van der Waals surface area contributed by atoms with E-state index in [9.17, 15) is 32.7 Å². The number of piperidine rings is 1. The van der Waals surface area contributed by atoms with Gasteiger partial charge in [-0.3, -0.25) is 15.0 Å². The van der Waals surface area contributed by atoms with Gasteiger partial charge < -0.3 is 19.4 Å². The first-order chi connectivity index (χ1) is 23.9. The molecule has 0 aliphatic carbocycles. The summed E-state index contributed by atoms with van der Waals surface area (Å²) in [5.74, 6) is -1.28. The predicted molar refractivity (Wildman–Crippen MR) is 195 cm³/mol. The Morgan fingerprint density at radius 1 is 1.16 bits per heavy atom. The van der Waals surface area contributed by atoms with Gasteiger partial charge in [-0.25, -0.2) is 19.6 Å². The van der Waals surface area contributed by atoms with Gasteiger partial charge >= 0.3 is 18.2 Å². The smallest absolute Gasteiger partial charge is 0.434 e. The molecular weight excluding hydrogens is 702 g/mol. The van der Waals surface area contributed by atoms with Crippen molar-refractivity contribution < 1.29 is 32.3 Å². The van der Waals surface area contributed by atoms with Crippen LogP contribution in [0.4, 0.5) is 23.8 Å². The normalized spacial score (nSPS) is 16.0. The lowest BCUT2D eigenvalue weighted by Gasteiger charge is -2.38. The summed E-state index contributed by atoms with van der Waals surface area (Å²) in [7, 11) is -1.92. The molecule has 4 aromatic rings. The summed E-state index contributed by atoms with van der Waals surface area (Å²) in [6, 6.07) is 5.75.